The summed E-state index contributed by atoms with van der Waals surface area (Å²) in [5.74, 6) is -0.161. The Bertz CT molecular complexity index is 159. The van der Waals surface area contributed by atoms with Crippen LogP contribution >= 0.6 is 31.9 Å². The third kappa shape index (κ3) is 3.72. The van der Waals surface area contributed by atoms with Crippen LogP contribution in [0.15, 0.2) is 12.7 Å². The van der Waals surface area contributed by atoms with Crippen LogP contribution < -0.4 is 0 Å². The van der Waals surface area contributed by atoms with Crippen LogP contribution in [-0.4, -0.2) is 22.7 Å². The number of carbonyl (C=O) groups excluding carboxylic acids is 1. The lowest BCUT2D eigenvalue weighted by atomic mass is 10.1. The molecule has 70 valence electrons. The van der Waals surface area contributed by atoms with Gasteiger partial charge in [0.25, 0.3) is 0 Å². The largest absolute Gasteiger partial charge is 0.465 e. The predicted molar refractivity (Wildman–Crippen MR) is 56.8 cm³/mol. The van der Waals surface area contributed by atoms with E-state index in [0.29, 0.717) is 11.9 Å². The van der Waals surface area contributed by atoms with Crippen molar-refractivity contribution in [1.82, 2.24) is 0 Å². The van der Waals surface area contributed by atoms with Gasteiger partial charge in [0, 0.05) is 11.2 Å². The van der Waals surface area contributed by atoms with Crippen molar-refractivity contribution in [2.24, 2.45) is 5.92 Å². The zero-order valence-electron chi connectivity index (χ0n) is 6.93. The highest BCUT2D eigenvalue weighted by atomic mass is 79.9. The highest BCUT2D eigenvalue weighted by Gasteiger charge is 2.23. The summed E-state index contributed by atoms with van der Waals surface area (Å²) in [5, 5.41) is 0.700. The van der Waals surface area contributed by atoms with E-state index in [1.165, 1.54) is 0 Å². The molecule has 4 heteroatoms. The SMILES string of the molecule is C=C[C@H](CBr)[C@@H](Br)C(=O)OCC. The average molecular weight is 300 g/mol. The predicted octanol–water partition coefficient (Wildman–Crippen LogP) is 2.51. The summed E-state index contributed by atoms with van der Waals surface area (Å²) in [4.78, 5) is 10.9. The van der Waals surface area contributed by atoms with Gasteiger partial charge in [-0.3, -0.25) is 4.79 Å². The maximum Gasteiger partial charge on any atom is 0.320 e. The minimum absolute atomic E-state index is 0.0732. The van der Waals surface area contributed by atoms with Crippen LogP contribution in [0.2, 0.25) is 0 Å². The first-order valence-electron chi connectivity index (χ1n) is 3.66. The van der Waals surface area contributed by atoms with E-state index in [-0.39, 0.29) is 16.7 Å². The monoisotopic (exact) mass is 298 g/mol. The number of ether oxygens (including phenoxy) is 1. The van der Waals surface area contributed by atoms with E-state index in [2.05, 4.69) is 38.4 Å². The van der Waals surface area contributed by atoms with Crippen LogP contribution in [0.5, 0.6) is 0 Å². The third-order valence-corrected chi connectivity index (χ3v) is 3.17. The van der Waals surface area contributed by atoms with Crippen molar-refractivity contribution in [1.29, 1.82) is 0 Å². The molecule has 2 nitrogen and oxygen atoms in total. The van der Waals surface area contributed by atoms with Crippen LogP contribution in [0.3, 0.4) is 0 Å². The van der Waals surface area contributed by atoms with E-state index in [4.69, 9.17) is 4.74 Å². The summed E-state index contributed by atoms with van der Waals surface area (Å²) >= 11 is 6.54. The Morgan fingerprint density at radius 3 is 2.67 bits per heavy atom. The average Bonchev–Trinajstić information content (AvgIpc) is 2.07. The van der Waals surface area contributed by atoms with E-state index in [9.17, 15) is 4.79 Å². The number of esters is 1. The van der Waals surface area contributed by atoms with Gasteiger partial charge in [-0.2, -0.15) is 0 Å². The quantitative estimate of drug-likeness (QED) is 0.443. The zero-order valence-corrected chi connectivity index (χ0v) is 10.1. The summed E-state index contributed by atoms with van der Waals surface area (Å²) in [7, 11) is 0. The van der Waals surface area contributed by atoms with E-state index >= 15 is 0 Å². The lowest BCUT2D eigenvalue weighted by Gasteiger charge is -2.14. The second-order valence-electron chi connectivity index (χ2n) is 2.21. The Morgan fingerprint density at radius 2 is 2.33 bits per heavy atom. The van der Waals surface area contributed by atoms with Crippen molar-refractivity contribution in [2.75, 3.05) is 11.9 Å². The third-order valence-electron chi connectivity index (χ3n) is 1.37. The van der Waals surface area contributed by atoms with Gasteiger partial charge in [-0.1, -0.05) is 37.9 Å². The van der Waals surface area contributed by atoms with Gasteiger partial charge in [-0.15, -0.1) is 6.58 Å². The minimum Gasteiger partial charge on any atom is -0.465 e. The fraction of sp³-hybridized carbons (Fsp3) is 0.625. The first-order valence-corrected chi connectivity index (χ1v) is 5.70. The summed E-state index contributed by atoms with van der Waals surface area (Å²) in [6.45, 7) is 5.82. The van der Waals surface area contributed by atoms with Gasteiger partial charge in [0.05, 0.1) is 6.61 Å². The Hall–Kier alpha value is 0.170. The van der Waals surface area contributed by atoms with Crippen molar-refractivity contribution in [3.8, 4) is 0 Å². The minimum atomic E-state index is -0.297. The molecule has 0 aliphatic carbocycles. The fourth-order valence-electron chi connectivity index (χ4n) is 0.657. The molecule has 0 saturated heterocycles. The van der Waals surface area contributed by atoms with Crippen LogP contribution in [0.1, 0.15) is 6.92 Å². The summed E-state index contributed by atoms with van der Waals surface area (Å²) < 4.78 is 4.83. The van der Waals surface area contributed by atoms with E-state index in [0.717, 1.165) is 0 Å². The molecular formula is C8H12Br2O2. The molecule has 0 saturated carbocycles. The highest BCUT2D eigenvalue weighted by molar-refractivity contribution is 9.10. The highest BCUT2D eigenvalue weighted by Crippen LogP contribution is 2.18. The lowest BCUT2D eigenvalue weighted by molar-refractivity contribution is -0.142. The Labute approximate surface area is 89.6 Å². The Balaban J connectivity index is 4.05. The van der Waals surface area contributed by atoms with Crippen molar-refractivity contribution in [3.63, 3.8) is 0 Å². The number of alkyl halides is 2. The van der Waals surface area contributed by atoms with Crippen molar-refractivity contribution in [2.45, 2.75) is 11.8 Å². The van der Waals surface area contributed by atoms with Crippen LogP contribution in [0, 0.1) is 5.92 Å². The molecule has 0 aromatic carbocycles. The number of rotatable bonds is 5. The molecule has 0 amide bonds. The van der Waals surface area contributed by atoms with Crippen molar-refractivity contribution >= 4 is 37.8 Å². The van der Waals surface area contributed by atoms with Gasteiger partial charge in [-0.25, -0.2) is 0 Å². The maximum absolute atomic E-state index is 11.2. The molecule has 2 atom stereocenters. The summed E-state index contributed by atoms with van der Waals surface area (Å²) in [6, 6.07) is 0. The van der Waals surface area contributed by atoms with Gasteiger partial charge in [0.15, 0.2) is 0 Å². The van der Waals surface area contributed by atoms with Gasteiger partial charge in [-0.05, 0) is 6.92 Å². The molecule has 12 heavy (non-hydrogen) atoms. The Kier molecular flexibility index (Phi) is 6.76. The first-order chi connectivity index (χ1) is 5.67. The van der Waals surface area contributed by atoms with E-state index in [1.807, 2.05) is 0 Å². The van der Waals surface area contributed by atoms with Crippen LogP contribution in [0.25, 0.3) is 0 Å². The van der Waals surface area contributed by atoms with Crippen LogP contribution in [0.4, 0.5) is 0 Å². The summed E-state index contributed by atoms with van der Waals surface area (Å²) in [6.07, 6.45) is 1.73. The molecule has 0 bridgehead atoms. The molecule has 0 aromatic rings. The number of hydrogen-bond acceptors (Lipinski definition) is 2. The van der Waals surface area contributed by atoms with E-state index < -0.39 is 0 Å². The molecule has 0 N–H and O–H groups in total. The second kappa shape index (κ2) is 6.66. The lowest BCUT2D eigenvalue weighted by Crippen LogP contribution is -2.25. The smallest absolute Gasteiger partial charge is 0.320 e. The number of allylic oxidation sites excluding steroid dienone is 1. The number of hydrogen-bond donors (Lipinski definition) is 0. The maximum atomic E-state index is 11.2. The molecule has 0 fully saturated rings. The zero-order chi connectivity index (χ0) is 9.56. The second-order valence-corrected chi connectivity index (χ2v) is 3.84. The number of carbonyl (C=O) groups is 1. The van der Waals surface area contributed by atoms with Gasteiger partial charge < -0.3 is 4.74 Å². The van der Waals surface area contributed by atoms with Crippen molar-refractivity contribution < 1.29 is 9.53 Å². The molecule has 0 unspecified atom stereocenters. The van der Waals surface area contributed by atoms with Gasteiger partial charge in [0.1, 0.15) is 4.83 Å². The van der Waals surface area contributed by atoms with Gasteiger partial charge in [0.2, 0.25) is 0 Å². The molecule has 0 heterocycles. The molecule has 0 aliphatic heterocycles. The van der Waals surface area contributed by atoms with Gasteiger partial charge >= 0.3 is 5.97 Å². The Morgan fingerprint density at radius 1 is 1.75 bits per heavy atom. The number of halogens is 2. The fourth-order valence-corrected chi connectivity index (χ4v) is 2.33. The first kappa shape index (κ1) is 12.2. The molecule has 0 spiro atoms. The molecular weight excluding hydrogens is 288 g/mol. The normalized spacial score (nSPS) is 14.9. The van der Waals surface area contributed by atoms with E-state index in [1.54, 1.807) is 13.0 Å². The van der Waals surface area contributed by atoms with Crippen molar-refractivity contribution in [3.05, 3.63) is 12.7 Å². The van der Waals surface area contributed by atoms with Crippen LogP contribution in [-0.2, 0) is 9.53 Å². The molecule has 0 aromatic heterocycles. The summed E-state index contributed by atoms with van der Waals surface area (Å²) in [5.41, 5.74) is 0. The molecule has 0 radical (unpaired) electrons. The standard InChI is InChI=1S/C8H12Br2O2/c1-3-6(5-9)7(10)8(11)12-4-2/h3,6-7H,1,4-5H2,2H3/t6-,7-/m1/s1. The molecule has 0 rings (SSSR count). The topological polar surface area (TPSA) is 26.3 Å². The molecule has 0 aliphatic rings.